The second kappa shape index (κ2) is 4.98. The smallest absolute Gasteiger partial charge is 0.274 e. The molecule has 0 fully saturated rings. The standard InChI is InChI=1S/C15H12ClN3O/c16-13-6-3-7-14(17)12(13)9-19-15(20)11-5-2-1-4-10(11)8-18-19/h1-8H,9,17H2. The first-order valence-electron chi connectivity index (χ1n) is 6.14. The van der Waals surface area contributed by atoms with Crippen LogP contribution in [0.3, 0.4) is 0 Å². The van der Waals surface area contributed by atoms with Gasteiger partial charge in [0.2, 0.25) is 0 Å². The van der Waals surface area contributed by atoms with Crippen LogP contribution in [0.4, 0.5) is 5.69 Å². The summed E-state index contributed by atoms with van der Waals surface area (Å²) in [6.45, 7) is 0.259. The van der Waals surface area contributed by atoms with Gasteiger partial charge in [0.05, 0.1) is 18.1 Å². The number of nitrogens with two attached hydrogens (primary N) is 1. The van der Waals surface area contributed by atoms with Crippen molar-refractivity contribution in [1.29, 1.82) is 0 Å². The maximum absolute atomic E-state index is 12.4. The Bertz CT molecular complexity index is 822. The fourth-order valence-corrected chi connectivity index (χ4v) is 2.37. The number of nitrogens with zero attached hydrogens (tertiary/aromatic N) is 2. The first-order chi connectivity index (χ1) is 9.66. The van der Waals surface area contributed by atoms with Gasteiger partial charge in [-0.15, -0.1) is 0 Å². The molecule has 0 amide bonds. The molecule has 0 spiro atoms. The molecule has 1 heterocycles. The fraction of sp³-hybridized carbons (Fsp3) is 0.0667. The Kier molecular flexibility index (Phi) is 3.16. The summed E-state index contributed by atoms with van der Waals surface area (Å²) < 4.78 is 1.37. The van der Waals surface area contributed by atoms with Crippen molar-refractivity contribution in [2.45, 2.75) is 6.54 Å². The largest absolute Gasteiger partial charge is 0.398 e. The molecule has 2 N–H and O–H groups in total. The number of hydrogen-bond acceptors (Lipinski definition) is 3. The van der Waals surface area contributed by atoms with Crippen molar-refractivity contribution in [3.05, 3.63) is 69.6 Å². The summed E-state index contributed by atoms with van der Waals surface area (Å²) in [5.74, 6) is 0. The highest BCUT2D eigenvalue weighted by Gasteiger charge is 2.09. The number of rotatable bonds is 2. The van der Waals surface area contributed by atoms with E-state index in [1.54, 1.807) is 30.5 Å². The van der Waals surface area contributed by atoms with Crippen LogP contribution in [-0.2, 0) is 6.54 Å². The van der Waals surface area contributed by atoms with Crippen LogP contribution in [-0.4, -0.2) is 9.78 Å². The molecule has 3 aromatic rings. The van der Waals surface area contributed by atoms with E-state index in [1.807, 2.05) is 18.2 Å². The van der Waals surface area contributed by atoms with E-state index in [-0.39, 0.29) is 12.1 Å². The van der Waals surface area contributed by atoms with Crippen LogP contribution in [0.2, 0.25) is 5.02 Å². The van der Waals surface area contributed by atoms with Crippen molar-refractivity contribution in [2.24, 2.45) is 0 Å². The highest BCUT2D eigenvalue weighted by Crippen LogP contribution is 2.22. The number of benzene rings is 2. The summed E-state index contributed by atoms with van der Waals surface area (Å²) in [7, 11) is 0. The topological polar surface area (TPSA) is 60.9 Å². The molecule has 3 rings (SSSR count). The molecule has 4 nitrogen and oxygen atoms in total. The van der Waals surface area contributed by atoms with Crippen LogP contribution in [0.25, 0.3) is 10.8 Å². The highest BCUT2D eigenvalue weighted by atomic mass is 35.5. The molecule has 0 aliphatic rings. The first-order valence-corrected chi connectivity index (χ1v) is 6.52. The normalized spacial score (nSPS) is 10.8. The minimum atomic E-state index is -0.151. The van der Waals surface area contributed by atoms with E-state index in [0.717, 1.165) is 5.39 Å². The van der Waals surface area contributed by atoms with Crippen molar-refractivity contribution in [3.8, 4) is 0 Å². The van der Waals surface area contributed by atoms with Gasteiger partial charge in [-0.1, -0.05) is 35.9 Å². The second-order valence-electron chi connectivity index (χ2n) is 4.50. The Hall–Kier alpha value is -2.33. The van der Waals surface area contributed by atoms with Crippen molar-refractivity contribution >= 4 is 28.1 Å². The average molecular weight is 286 g/mol. The van der Waals surface area contributed by atoms with Gasteiger partial charge < -0.3 is 5.73 Å². The lowest BCUT2D eigenvalue weighted by Crippen LogP contribution is -2.23. The van der Waals surface area contributed by atoms with Gasteiger partial charge in [-0.05, 0) is 18.2 Å². The Morgan fingerprint density at radius 3 is 2.75 bits per heavy atom. The third-order valence-electron chi connectivity index (χ3n) is 3.22. The molecule has 1 aromatic heterocycles. The predicted molar refractivity (Wildman–Crippen MR) is 81.0 cm³/mol. The van der Waals surface area contributed by atoms with Crippen molar-refractivity contribution in [3.63, 3.8) is 0 Å². The van der Waals surface area contributed by atoms with E-state index < -0.39 is 0 Å². The zero-order chi connectivity index (χ0) is 14.1. The molecule has 20 heavy (non-hydrogen) atoms. The molecule has 100 valence electrons. The molecule has 0 aliphatic carbocycles. The van der Waals surface area contributed by atoms with Crippen LogP contribution >= 0.6 is 11.6 Å². The molecule has 0 aliphatic heterocycles. The van der Waals surface area contributed by atoms with Gasteiger partial charge in [-0.3, -0.25) is 4.79 Å². The molecule has 0 radical (unpaired) electrons. The Labute approximate surface area is 120 Å². The van der Waals surface area contributed by atoms with E-state index in [0.29, 0.717) is 21.7 Å². The molecule has 0 saturated heterocycles. The van der Waals surface area contributed by atoms with Gasteiger partial charge >= 0.3 is 0 Å². The van der Waals surface area contributed by atoms with Crippen molar-refractivity contribution in [2.75, 3.05) is 5.73 Å². The van der Waals surface area contributed by atoms with Crippen molar-refractivity contribution < 1.29 is 0 Å². The number of hydrogen-bond donors (Lipinski definition) is 1. The quantitative estimate of drug-likeness (QED) is 0.737. The lowest BCUT2D eigenvalue weighted by atomic mass is 10.1. The second-order valence-corrected chi connectivity index (χ2v) is 4.91. The van der Waals surface area contributed by atoms with Gasteiger partial charge in [0, 0.05) is 21.7 Å². The van der Waals surface area contributed by atoms with Crippen LogP contribution in [0.5, 0.6) is 0 Å². The summed E-state index contributed by atoms with van der Waals surface area (Å²) in [4.78, 5) is 12.4. The molecule has 0 bridgehead atoms. The number of anilines is 1. The summed E-state index contributed by atoms with van der Waals surface area (Å²) in [6, 6.07) is 12.6. The zero-order valence-corrected chi connectivity index (χ0v) is 11.3. The Morgan fingerprint density at radius 1 is 1.15 bits per heavy atom. The van der Waals surface area contributed by atoms with Gasteiger partial charge in [0.15, 0.2) is 0 Å². The van der Waals surface area contributed by atoms with Crippen LogP contribution in [0.1, 0.15) is 5.56 Å². The number of halogens is 1. The van der Waals surface area contributed by atoms with Gasteiger partial charge in [0.1, 0.15) is 0 Å². The Morgan fingerprint density at radius 2 is 1.95 bits per heavy atom. The zero-order valence-electron chi connectivity index (χ0n) is 10.6. The highest BCUT2D eigenvalue weighted by molar-refractivity contribution is 6.31. The van der Waals surface area contributed by atoms with E-state index in [2.05, 4.69) is 5.10 Å². The summed E-state index contributed by atoms with van der Waals surface area (Å²) in [5.41, 5.74) is 7.02. The third kappa shape index (κ3) is 2.14. The maximum Gasteiger partial charge on any atom is 0.274 e. The van der Waals surface area contributed by atoms with Crippen LogP contribution in [0, 0.1) is 0 Å². The molecule has 0 atom stereocenters. The molecule has 0 saturated carbocycles. The summed E-state index contributed by atoms with van der Waals surface area (Å²) in [5, 5.41) is 6.16. The minimum absolute atomic E-state index is 0.151. The van der Waals surface area contributed by atoms with E-state index in [1.165, 1.54) is 4.68 Å². The SMILES string of the molecule is Nc1cccc(Cl)c1Cn1ncc2ccccc2c1=O. The van der Waals surface area contributed by atoms with Gasteiger partial charge in [0.25, 0.3) is 5.56 Å². The minimum Gasteiger partial charge on any atom is -0.398 e. The number of fused-ring (bicyclic) bond motifs is 1. The Balaban J connectivity index is 2.12. The lowest BCUT2D eigenvalue weighted by Gasteiger charge is -2.10. The van der Waals surface area contributed by atoms with E-state index in [9.17, 15) is 4.79 Å². The molecule has 5 heteroatoms. The molecular formula is C15H12ClN3O. The summed E-state index contributed by atoms with van der Waals surface area (Å²) in [6.07, 6.45) is 1.67. The molecular weight excluding hydrogens is 274 g/mol. The van der Waals surface area contributed by atoms with Crippen molar-refractivity contribution in [1.82, 2.24) is 9.78 Å². The maximum atomic E-state index is 12.4. The van der Waals surface area contributed by atoms with Gasteiger partial charge in [-0.25, -0.2) is 4.68 Å². The monoisotopic (exact) mass is 285 g/mol. The number of aromatic nitrogens is 2. The molecule has 0 unspecified atom stereocenters. The molecule has 2 aromatic carbocycles. The average Bonchev–Trinajstić information content (AvgIpc) is 2.45. The predicted octanol–water partition coefficient (Wildman–Crippen LogP) is 2.68. The summed E-state index contributed by atoms with van der Waals surface area (Å²) >= 11 is 6.13. The van der Waals surface area contributed by atoms with Crippen LogP contribution < -0.4 is 11.3 Å². The van der Waals surface area contributed by atoms with Gasteiger partial charge in [-0.2, -0.15) is 5.10 Å². The third-order valence-corrected chi connectivity index (χ3v) is 3.58. The van der Waals surface area contributed by atoms with E-state index >= 15 is 0 Å². The van der Waals surface area contributed by atoms with Crippen LogP contribution in [0.15, 0.2) is 53.5 Å². The first kappa shape index (κ1) is 12.7. The lowest BCUT2D eigenvalue weighted by molar-refractivity contribution is 0.648. The fourth-order valence-electron chi connectivity index (χ4n) is 2.13. The van der Waals surface area contributed by atoms with E-state index in [4.69, 9.17) is 17.3 Å². The number of nitrogen functional groups attached to an aromatic ring is 1.